The topological polar surface area (TPSA) is 52.3 Å². The average molecular weight is 147 g/mol. The first-order valence-corrected chi connectivity index (χ1v) is 3.67. The molecule has 2 N–H and O–H groups in total. The van der Waals surface area contributed by atoms with E-state index in [2.05, 4.69) is 4.74 Å². The van der Waals surface area contributed by atoms with Crippen LogP contribution in [0.4, 0.5) is 0 Å². The fraction of sp³-hybridized carbons (Fsp3) is 0.857. The van der Waals surface area contributed by atoms with Crippen molar-refractivity contribution in [2.75, 3.05) is 13.2 Å². The van der Waals surface area contributed by atoms with Gasteiger partial charge < -0.3 is 10.5 Å². The number of hydrogen-bond acceptors (Lipinski definition) is 3. The van der Waals surface area contributed by atoms with Crippen LogP contribution in [0, 0.1) is 0 Å². The molecule has 3 heteroatoms. The highest BCUT2D eigenvalue weighted by atomic mass is 16.5. The predicted octanol–water partition coefficient (Wildman–Crippen LogP) is 0.924. The van der Waals surface area contributed by atoms with Crippen molar-refractivity contribution in [3.05, 3.63) is 0 Å². The van der Waals surface area contributed by atoms with E-state index in [1.165, 1.54) is 0 Å². The molecular formula is C7H17NO2. The van der Waals surface area contributed by atoms with Crippen molar-refractivity contribution >= 4 is 5.97 Å². The van der Waals surface area contributed by atoms with Crippen LogP contribution in [0.1, 0.15) is 27.2 Å². The minimum atomic E-state index is -0.327. The largest absolute Gasteiger partial charge is 0.465 e. The molecule has 0 spiro atoms. The molecule has 0 fully saturated rings. The van der Waals surface area contributed by atoms with Crippen LogP contribution in [0.5, 0.6) is 0 Å². The third-order valence-electron chi connectivity index (χ3n) is 0.634. The van der Waals surface area contributed by atoms with Crippen molar-refractivity contribution in [3.8, 4) is 0 Å². The maximum Gasteiger partial charge on any atom is 0.319 e. The van der Waals surface area contributed by atoms with Gasteiger partial charge in [-0.05, 0) is 6.42 Å². The molecule has 10 heavy (non-hydrogen) atoms. The summed E-state index contributed by atoms with van der Waals surface area (Å²) < 4.78 is 4.58. The number of hydrogen-bond donors (Lipinski definition) is 1. The van der Waals surface area contributed by atoms with E-state index in [0.29, 0.717) is 6.61 Å². The van der Waals surface area contributed by atoms with Gasteiger partial charge >= 0.3 is 5.97 Å². The molecule has 0 aromatic rings. The van der Waals surface area contributed by atoms with Gasteiger partial charge in [-0.2, -0.15) is 0 Å². The summed E-state index contributed by atoms with van der Waals surface area (Å²) in [4.78, 5) is 10.2. The SMILES string of the molecule is CC.CCCOC(=O)CN. The minimum absolute atomic E-state index is 0.0139. The highest BCUT2D eigenvalue weighted by Gasteiger charge is 1.93. The molecule has 0 aromatic heterocycles. The fourth-order valence-corrected chi connectivity index (χ4v) is 0.275. The lowest BCUT2D eigenvalue weighted by Crippen LogP contribution is -2.16. The Bertz CT molecular complexity index is 74.0. The molecule has 3 nitrogen and oxygen atoms in total. The van der Waals surface area contributed by atoms with E-state index < -0.39 is 0 Å². The monoisotopic (exact) mass is 147 g/mol. The molecule has 0 bridgehead atoms. The molecule has 0 saturated heterocycles. The molecule has 0 atom stereocenters. The molecular weight excluding hydrogens is 130 g/mol. The molecule has 0 radical (unpaired) electrons. The van der Waals surface area contributed by atoms with E-state index in [0.717, 1.165) is 6.42 Å². The predicted molar refractivity (Wildman–Crippen MR) is 41.7 cm³/mol. The fourth-order valence-electron chi connectivity index (χ4n) is 0.275. The molecule has 0 saturated carbocycles. The van der Waals surface area contributed by atoms with Crippen molar-refractivity contribution < 1.29 is 9.53 Å². The van der Waals surface area contributed by atoms with E-state index in [-0.39, 0.29) is 12.5 Å². The maximum absolute atomic E-state index is 10.2. The molecule has 0 aliphatic rings. The van der Waals surface area contributed by atoms with Gasteiger partial charge in [-0.1, -0.05) is 20.8 Å². The Morgan fingerprint density at radius 3 is 2.30 bits per heavy atom. The lowest BCUT2D eigenvalue weighted by atomic mass is 10.5. The summed E-state index contributed by atoms with van der Waals surface area (Å²) in [6, 6.07) is 0. The van der Waals surface area contributed by atoms with Crippen LogP contribution in [0.25, 0.3) is 0 Å². The molecule has 0 heterocycles. The summed E-state index contributed by atoms with van der Waals surface area (Å²) in [6.07, 6.45) is 0.853. The Labute approximate surface area is 62.5 Å². The number of carbonyl (C=O) groups excluding carboxylic acids is 1. The zero-order valence-corrected chi connectivity index (χ0v) is 7.02. The number of ether oxygens (including phenoxy) is 1. The maximum atomic E-state index is 10.2. The van der Waals surface area contributed by atoms with Crippen LogP contribution in [0.3, 0.4) is 0 Å². The lowest BCUT2D eigenvalue weighted by molar-refractivity contribution is -0.141. The third kappa shape index (κ3) is 10.4. The summed E-state index contributed by atoms with van der Waals surface area (Å²) in [5.41, 5.74) is 4.94. The molecule has 62 valence electrons. The van der Waals surface area contributed by atoms with Gasteiger partial charge in [0, 0.05) is 0 Å². The quantitative estimate of drug-likeness (QED) is 0.604. The first-order valence-electron chi connectivity index (χ1n) is 3.67. The van der Waals surface area contributed by atoms with Gasteiger partial charge in [-0.25, -0.2) is 0 Å². The van der Waals surface area contributed by atoms with Crippen LogP contribution in [-0.2, 0) is 9.53 Å². The number of nitrogens with two attached hydrogens (primary N) is 1. The zero-order chi connectivity index (χ0) is 8.41. The van der Waals surface area contributed by atoms with Crippen molar-refractivity contribution in [1.82, 2.24) is 0 Å². The van der Waals surface area contributed by atoms with Crippen molar-refractivity contribution in [2.45, 2.75) is 27.2 Å². The standard InChI is InChI=1S/C5H11NO2.C2H6/c1-2-3-8-5(7)4-6;1-2/h2-4,6H2,1H3;1-2H3. The van der Waals surface area contributed by atoms with Gasteiger partial charge in [0.2, 0.25) is 0 Å². The van der Waals surface area contributed by atoms with E-state index in [1.807, 2.05) is 20.8 Å². The molecule has 0 aliphatic carbocycles. The highest BCUT2D eigenvalue weighted by molar-refractivity contribution is 5.71. The number of rotatable bonds is 3. The summed E-state index contributed by atoms with van der Waals surface area (Å²) >= 11 is 0. The lowest BCUT2D eigenvalue weighted by Gasteiger charge is -1.97. The first-order chi connectivity index (χ1) is 4.81. The second-order valence-electron chi connectivity index (χ2n) is 1.42. The van der Waals surface area contributed by atoms with E-state index in [1.54, 1.807) is 0 Å². The Hall–Kier alpha value is -0.570. The van der Waals surface area contributed by atoms with Crippen LogP contribution in [-0.4, -0.2) is 19.1 Å². The Kier molecular flexibility index (Phi) is 13.7. The molecule has 0 amide bonds. The number of carbonyl (C=O) groups is 1. The first kappa shape index (κ1) is 12.1. The molecule has 0 aliphatic heterocycles. The van der Waals surface area contributed by atoms with E-state index in [4.69, 9.17) is 5.73 Å². The second-order valence-corrected chi connectivity index (χ2v) is 1.42. The highest BCUT2D eigenvalue weighted by Crippen LogP contribution is 1.78. The Morgan fingerprint density at radius 2 is 2.00 bits per heavy atom. The van der Waals surface area contributed by atoms with Gasteiger partial charge in [0.05, 0.1) is 13.2 Å². The normalized spacial score (nSPS) is 7.60. The summed E-state index contributed by atoms with van der Waals surface area (Å²) in [5.74, 6) is -0.327. The molecule has 0 aromatic carbocycles. The van der Waals surface area contributed by atoms with E-state index >= 15 is 0 Å². The summed E-state index contributed by atoms with van der Waals surface area (Å²) in [6.45, 7) is 6.40. The van der Waals surface area contributed by atoms with Gasteiger partial charge in [0.1, 0.15) is 0 Å². The Morgan fingerprint density at radius 1 is 1.50 bits per heavy atom. The van der Waals surface area contributed by atoms with Crippen molar-refractivity contribution in [3.63, 3.8) is 0 Å². The van der Waals surface area contributed by atoms with Gasteiger partial charge in [-0.3, -0.25) is 4.79 Å². The second kappa shape index (κ2) is 11.3. The van der Waals surface area contributed by atoms with Crippen LogP contribution in [0.2, 0.25) is 0 Å². The van der Waals surface area contributed by atoms with Crippen molar-refractivity contribution in [1.29, 1.82) is 0 Å². The summed E-state index contributed by atoms with van der Waals surface area (Å²) in [5, 5.41) is 0. The third-order valence-corrected chi connectivity index (χ3v) is 0.634. The molecule has 0 unspecified atom stereocenters. The van der Waals surface area contributed by atoms with Crippen LogP contribution < -0.4 is 5.73 Å². The van der Waals surface area contributed by atoms with Crippen LogP contribution >= 0.6 is 0 Å². The van der Waals surface area contributed by atoms with Crippen LogP contribution in [0.15, 0.2) is 0 Å². The van der Waals surface area contributed by atoms with Crippen molar-refractivity contribution in [2.24, 2.45) is 5.73 Å². The molecule has 0 rings (SSSR count). The minimum Gasteiger partial charge on any atom is -0.465 e. The van der Waals surface area contributed by atoms with Gasteiger partial charge in [0.25, 0.3) is 0 Å². The average Bonchev–Trinajstić information content (AvgIpc) is 2.04. The zero-order valence-electron chi connectivity index (χ0n) is 7.02. The number of esters is 1. The summed E-state index contributed by atoms with van der Waals surface area (Å²) in [7, 11) is 0. The van der Waals surface area contributed by atoms with Gasteiger partial charge in [-0.15, -0.1) is 0 Å². The Balaban J connectivity index is 0. The smallest absolute Gasteiger partial charge is 0.319 e. The van der Waals surface area contributed by atoms with E-state index in [9.17, 15) is 4.79 Å². The van der Waals surface area contributed by atoms with Gasteiger partial charge in [0.15, 0.2) is 0 Å².